The number of ether oxygens (including phenoxy) is 1. The topological polar surface area (TPSA) is 45.6 Å². The minimum absolute atomic E-state index is 0. The van der Waals surface area contributed by atoms with Crippen molar-refractivity contribution in [1.29, 1.82) is 0 Å². The van der Waals surface area contributed by atoms with Crippen molar-refractivity contribution in [2.45, 2.75) is 12.8 Å². The maximum absolute atomic E-state index is 11.6. The molecule has 14 heavy (non-hydrogen) atoms. The predicted octanol–water partition coefficient (Wildman–Crippen LogP) is 2.46. The second-order valence-corrected chi connectivity index (χ2v) is 2.28. The molecule has 0 N–H and O–H groups in total. The van der Waals surface area contributed by atoms with Crippen LogP contribution in [0.4, 0.5) is 13.2 Å². The van der Waals surface area contributed by atoms with Crippen LogP contribution in [0.15, 0.2) is 24.0 Å². The summed E-state index contributed by atoms with van der Waals surface area (Å²) < 4.78 is 38.5. The molecule has 1 aliphatic carbocycles. The van der Waals surface area contributed by atoms with Crippen molar-refractivity contribution in [3.05, 3.63) is 29.5 Å². The number of halogens is 4. The standard InChI is InChI=1S/C7H5F3N2O.ClH/c8-7(9,10)13-6-3-1-5(12-11)2-4-6;/h1,3-4H,2H2;1H. The fraction of sp³-hybridized carbons (Fsp3) is 0.286. The van der Waals surface area contributed by atoms with E-state index in [0.29, 0.717) is 0 Å². The monoisotopic (exact) mass is 226 g/mol. The van der Waals surface area contributed by atoms with E-state index >= 15 is 0 Å². The molecule has 0 aromatic carbocycles. The summed E-state index contributed by atoms with van der Waals surface area (Å²) in [7, 11) is 0. The van der Waals surface area contributed by atoms with Crippen molar-refractivity contribution in [2.24, 2.45) is 0 Å². The summed E-state index contributed by atoms with van der Waals surface area (Å²) in [6.07, 6.45) is -1.03. The first-order valence-electron chi connectivity index (χ1n) is 3.36. The summed E-state index contributed by atoms with van der Waals surface area (Å²) in [6, 6.07) is 0. The van der Waals surface area contributed by atoms with Crippen molar-refractivity contribution in [3.8, 4) is 0 Å². The zero-order valence-corrected chi connectivity index (χ0v) is 7.60. The lowest BCUT2D eigenvalue weighted by Gasteiger charge is -2.10. The van der Waals surface area contributed by atoms with Gasteiger partial charge in [-0.2, -0.15) is 4.79 Å². The zero-order chi connectivity index (χ0) is 9.90. The molecule has 0 atom stereocenters. The summed E-state index contributed by atoms with van der Waals surface area (Å²) in [6.45, 7) is 0. The fourth-order valence-corrected chi connectivity index (χ4v) is 0.803. The summed E-state index contributed by atoms with van der Waals surface area (Å²) >= 11 is 0. The molecular formula is C7H6ClF3N2O. The normalized spacial score (nSPS) is 15.4. The quantitative estimate of drug-likeness (QED) is 0.500. The second-order valence-electron chi connectivity index (χ2n) is 2.28. The van der Waals surface area contributed by atoms with Crippen LogP contribution in [0.25, 0.3) is 5.53 Å². The molecule has 0 saturated carbocycles. The maximum atomic E-state index is 11.6. The van der Waals surface area contributed by atoms with Gasteiger partial charge in [-0.15, -0.1) is 25.6 Å². The fourth-order valence-electron chi connectivity index (χ4n) is 0.803. The van der Waals surface area contributed by atoms with Crippen LogP contribution < -0.4 is 0 Å². The lowest BCUT2D eigenvalue weighted by Crippen LogP contribution is -2.13. The number of alkyl halides is 3. The van der Waals surface area contributed by atoms with Crippen molar-refractivity contribution in [2.75, 3.05) is 0 Å². The molecule has 0 aromatic heterocycles. The number of hydrogen-bond donors (Lipinski definition) is 0. The van der Waals surface area contributed by atoms with E-state index in [1.165, 1.54) is 12.2 Å². The Hall–Kier alpha value is -1.26. The maximum Gasteiger partial charge on any atom is 0.573 e. The van der Waals surface area contributed by atoms with Crippen molar-refractivity contribution >= 4 is 18.1 Å². The Morgan fingerprint density at radius 2 is 2.00 bits per heavy atom. The Kier molecular flexibility index (Phi) is 4.40. The molecule has 1 aliphatic rings. The Labute approximate surface area is 83.9 Å². The Balaban J connectivity index is 0.00000169. The van der Waals surface area contributed by atoms with Crippen molar-refractivity contribution in [3.63, 3.8) is 0 Å². The van der Waals surface area contributed by atoms with Crippen LogP contribution in [0.5, 0.6) is 0 Å². The molecule has 0 spiro atoms. The first kappa shape index (κ1) is 12.7. The minimum atomic E-state index is -4.68. The highest BCUT2D eigenvalue weighted by molar-refractivity contribution is 5.92. The first-order chi connectivity index (χ1) is 6.01. The van der Waals surface area contributed by atoms with Gasteiger partial charge in [0, 0.05) is 6.08 Å². The van der Waals surface area contributed by atoms with Gasteiger partial charge in [0.25, 0.3) is 5.71 Å². The smallest absolute Gasteiger partial charge is 0.406 e. The Morgan fingerprint density at radius 1 is 1.36 bits per heavy atom. The number of allylic oxidation sites excluding steroid dienone is 3. The van der Waals surface area contributed by atoms with Gasteiger partial charge in [-0.25, -0.2) is 0 Å². The molecule has 0 heterocycles. The van der Waals surface area contributed by atoms with E-state index in [9.17, 15) is 13.2 Å². The lowest BCUT2D eigenvalue weighted by atomic mass is 10.1. The van der Waals surface area contributed by atoms with E-state index in [1.54, 1.807) is 0 Å². The van der Waals surface area contributed by atoms with E-state index in [2.05, 4.69) is 9.53 Å². The van der Waals surface area contributed by atoms with Crippen LogP contribution in [-0.4, -0.2) is 16.9 Å². The summed E-state index contributed by atoms with van der Waals surface area (Å²) in [5.41, 5.74) is 8.54. The van der Waals surface area contributed by atoms with Crippen LogP contribution >= 0.6 is 12.4 Å². The van der Waals surface area contributed by atoms with Crippen LogP contribution in [0, 0.1) is 0 Å². The van der Waals surface area contributed by atoms with E-state index in [-0.39, 0.29) is 30.3 Å². The van der Waals surface area contributed by atoms with Crippen molar-refractivity contribution < 1.29 is 22.7 Å². The van der Waals surface area contributed by atoms with Gasteiger partial charge in [-0.05, 0) is 12.2 Å². The summed E-state index contributed by atoms with van der Waals surface area (Å²) in [4.78, 5) is 2.83. The van der Waals surface area contributed by atoms with Crippen LogP contribution in [-0.2, 0) is 4.74 Å². The van der Waals surface area contributed by atoms with Gasteiger partial charge in [0.2, 0.25) is 0 Å². The molecule has 3 nitrogen and oxygen atoms in total. The molecule has 0 saturated heterocycles. The number of rotatable bonds is 1. The summed E-state index contributed by atoms with van der Waals surface area (Å²) in [5, 5.41) is 0. The lowest BCUT2D eigenvalue weighted by molar-refractivity contribution is -0.303. The van der Waals surface area contributed by atoms with E-state index in [1.807, 2.05) is 0 Å². The molecule has 78 valence electrons. The SMILES string of the molecule is Cl.[N-]=[N+]=C1C=CC(OC(F)(F)F)=CC1. The Morgan fingerprint density at radius 3 is 2.36 bits per heavy atom. The number of nitrogens with zero attached hydrogens (tertiary/aromatic N) is 2. The van der Waals surface area contributed by atoms with Gasteiger partial charge in [0.15, 0.2) is 0 Å². The minimum Gasteiger partial charge on any atom is -0.406 e. The highest BCUT2D eigenvalue weighted by Crippen LogP contribution is 2.22. The van der Waals surface area contributed by atoms with Crippen molar-refractivity contribution in [1.82, 2.24) is 0 Å². The van der Waals surface area contributed by atoms with Gasteiger partial charge in [-0.1, -0.05) is 0 Å². The third-order valence-electron chi connectivity index (χ3n) is 1.31. The number of hydrogen-bond acceptors (Lipinski definition) is 1. The largest absolute Gasteiger partial charge is 0.573 e. The first-order valence-corrected chi connectivity index (χ1v) is 3.36. The van der Waals surface area contributed by atoms with E-state index in [0.717, 1.165) is 6.08 Å². The van der Waals surface area contributed by atoms with Gasteiger partial charge in [-0.3, -0.25) is 0 Å². The van der Waals surface area contributed by atoms with Gasteiger partial charge in [0.1, 0.15) is 5.76 Å². The molecular weight excluding hydrogens is 221 g/mol. The van der Waals surface area contributed by atoms with Crippen LogP contribution in [0.1, 0.15) is 6.42 Å². The van der Waals surface area contributed by atoms with Crippen LogP contribution in [0.2, 0.25) is 0 Å². The summed E-state index contributed by atoms with van der Waals surface area (Å²) in [5.74, 6) is -0.292. The third kappa shape index (κ3) is 4.11. The van der Waals surface area contributed by atoms with E-state index < -0.39 is 6.36 Å². The average molecular weight is 227 g/mol. The highest BCUT2D eigenvalue weighted by Gasteiger charge is 2.32. The molecule has 0 unspecified atom stereocenters. The van der Waals surface area contributed by atoms with E-state index in [4.69, 9.17) is 5.53 Å². The molecule has 0 bridgehead atoms. The molecule has 0 aromatic rings. The van der Waals surface area contributed by atoms with Gasteiger partial charge < -0.3 is 10.3 Å². The van der Waals surface area contributed by atoms with Crippen LogP contribution in [0.3, 0.4) is 0 Å². The zero-order valence-electron chi connectivity index (χ0n) is 6.78. The predicted molar refractivity (Wildman–Crippen MR) is 44.9 cm³/mol. The Bertz CT molecular complexity index is 315. The molecule has 0 amide bonds. The van der Waals surface area contributed by atoms with Gasteiger partial charge in [0.05, 0.1) is 6.42 Å². The molecule has 0 radical (unpaired) electrons. The third-order valence-corrected chi connectivity index (χ3v) is 1.31. The van der Waals surface area contributed by atoms with Gasteiger partial charge >= 0.3 is 6.36 Å². The second kappa shape index (κ2) is 4.83. The highest BCUT2D eigenvalue weighted by atomic mass is 35.5. The molecule has 0 aliphatic heterocycles. The molecule has 7 heteroatoms. The molecule has 0 fully saturated rings. The molecule has 1 rings (SSSR count). The average Bonchev–Trinajstić information content (AvgIpc) is 2.03.